The van der Waals surface area contributed by atoms with Crippen LogP contribution in [0.3, 0.4) is 0 Å². The molecule has 4 nitrogen and oxygen atoms in total. The number of hydrogen-bond acceptors (Lipinski definition) is 3. The van der Waals surface area contributed by atoms with E-state index in [-0.39, 0.29) is 29.5 Å². The topological polar surface area (TPSA) is 46.6 Å². The van der Waals surface area contributed by atoms with Gasteiger partial charge in [0, 0.05) is 23.4 Å². The van der Waals surface area contributed by atoms with Crippen molar-refractivity contribution in [3.05, 3.63) is 0 Å². The van der Waals surface area contributed by atoms with Gasteiger partial charge >= 0.3 is 6.09 Å². The lowest BCUT2D eigenvalue weighted by Crippen LogP contribution is -2.59. The summed E-state index contributed by atoms with van der Waals surface area (Å²) in [6.45, 7) is 5.80. The molecule has 6 rings (SSSR count). The van der Waals surface area contributed by atoms with E-state index in [0.717, 1.165) is 43.4 Å². The molecule has 0 aromatic rings. The predicted molar refractivity (Wildman–Crippen MR) is 108 cm³/mol. The number of nitrogens with zero attached hydrogens (tertiary/aromatic N) is 1. The highest BCUT2D eigenvalue weighted by Crippen LogP contribution is 2.61. The Balaban J connectivity index is 1.32. The molecular weight excluding hydrogens is 350 g/mol. The summed E-state index contributed by atoms with van der Waals surface area (Å²) in [5.41, 5.74) is -0.459. The van der Waals surface area contributed by atoms with Crippen molar-refractivity contribution in [2.45, 2.75) is 109 Å². The van der Waals surface area contributed by atoms with Crippen LogP contribution in [-0.4, -0.2) is 34.5 Å². The van der Waals surface area contributed by atoms with Crippen LogP contribution < -0.4 is 0 Å². The average molecular weight is 388 g/mol. The number of fused-ring (bicyclic) bond motifs is 2. The fourth-order valence-electron chi connectivity index (χ4n) is 8.05. The maximum absolute atomic E-state index is 13.9. The number of rotatable bonds is 2. The summed E-state index contributed by atoms with van der Waals surface area (Å²) in [5.74, 6) is 3.21. The van der Waals surface area contributed by atoms with Crippen molar-refractivity contribution in [3.8, 4) is 0 Å². The minimum absolute atomic E-state index is 0.00179. The highest BCUT2D eigenvalue weighted by atomic mass is 16.6. The highest BCUT2D eigenvalue weighted by molar-refractivity contribution is 5.88. The first-order valence-corrected chi connectivity index (χ1v) is 11.8. The lowest BCUT2D eigenvalue weighted by molar-refractivity contribution is -0.152. The number of ketones is 1. The first-order chi connectivity index (χ1) is 13.2. The molecule has 28 heavy (non-hydrogen) atoms. The number of carbonyl (C=O) groups is 2. The molecule has 0 spiro atoms. The summed E-state index contributed by atoms with van der Waals surface area (Å²) >= 11 is 0. The molecule has 2 atom stereocenters. The first kappa shape index (κ1) is 18.9. The zero-order chi connectivity index (χ0) is 19.7. The van der Waals surface area contributed by atoms with Crippen LogP contribution in [-0.2, 0) is 9.53 Å². The van der Waals surface area contributed by atoms with Crippen LogP contribution in [0.1, 0.15) is 91.4 Å². The van der Waals surface area contributed by atoms with Crippen molar-refractivity contribution in [2.24, 2.45) is 29.1 Å². The van der Waals surface area contributed by atoms with Crippen molar-refractivity contribution in [1.82, 2.24) is 4.90 Å². The van der Waals surface area contributed by atoms with E-state index in [0.29, 0.717) is 5.78 Å². The fourth-order valence-corrected chi connectivity index (χ4v) is 8.05. The normalized spacial score (nSPS) is 44.5. The van der Waals surface area contributed by atoms with Gasteiger partial charge < -0.3 is 9.64 Å². The summed E-state index contributed by atoms with van der Waals surface area (Å²) in [5, 5.41) is 0. The van der Waals surface area contributed by atoms with Gasteiger partial charge in [-0.05, 0) is 109 Å². The minimum atomic E-state index is -0.461. The SMILES string of the molecule is CC(C)(C)OC(=O)N1C2CCCC1CC(C(=O)C13CC4CC(CC(C4)C1)C3)C2. The molecule has 6 fully saturated rings. The smallest absolute Gasteiger partial charge is 0.410 e. The van der Waals surface area contributed by atoms with E-state index in [1.165, 1.54) is 44.9 Å². The van der Waals surface area contributed by atoms with E-state index in [9.17, 15) is 9.59 Å². The summed E-state index contributed by atoms with van der Waals surface area (Å²) in [6.07, 6.45) is 12.5. The number of Topliss-reactive ketones (excluding diaryl/α,β-unsaturated/α-hetero) is 1. The van der Waals surface area contributed by atoms with Crippen molar-refractivity contribution < 1.29 is 14.3 Å². The molecule has 2 saturated heterocycles. The Morgan fingerprint density at radius 3 is 1.82 bits per heavy atom. The fraction of sp³-hybridized carbons (Fsp3) is 0.917. The average Bonchev–Trinajstić information content (AvgIpc) is 2.57. The number of hydrogen-bond donors (Lipinski definition) is 0. The number of carbonyl (C=O) groups excluding carboxylic acids is 2. The zero-order valence-electron chi connectivity index (χ0n) is 17.9. The second-order valence-corrected chi connectivity index (χ2v) is 11.9. The van der Waals surface area contributed by atoms with Crippen molar-refractivity contribution >= 4 is 11.9 Å². The van der Waals surface area contributed by atoms with Crippen LogP contribution >= 0.6 is 0 Å². The molecule has 4 aliphatic carbocycles. The quantitative estimate of drug-likeness (QED) is 0.642. The van der Waals surface area contributed by atoms with Gasteiger partial charge in [-0.1, -0.05) is 0 Å². The molecule has 6 bridgehead atoms. The molecule has 2 heterocycles. The molecule has 156 valence electrons. The number of piperidine rings is 2. The third-order valence-electron chi connectivity index (χ3n) is 8.51. The van der Waals surface area contributed by atoms with Crippen LogP contribution in [0.15, 0.2) is 0 Å². The van der Waals surface area contributed by atoms with E-state index in [2.05, 4.69) is 0 Å². The van der Waals surface area contributed by atoms with Crippen molar-refractivity contribution in [1.29, 1.82) is 0 Å². The number of ether oxygens (including phenoxy) is 1. The lowest BCUT2D eigenvalue weighted by Gasteiger charge is -2.57. The molecule has 0 aromatic heterocycles. The summed E-state index contributed by atoms with van der Waals surface area (Å²) in [6, 6.07) is 0.399. The molecular formula is C24H37NO3. The van der Waals surface area contributed by atoms with Crippen molar-refractivity contribution in [3.63, 3.8) is 0 Å². The standard InChI is InChI=1S/C24H37NO3/c1-23(2,3)28-22(27)25-19-5-4-6-20(25)11-18(10-19)21(26)24-12-15-7-16(13-24)9-17(8-15)14-24/h15-20H,4-14H2,1-3H3. The molecule has 2 aliphatic heterocycles. The third kappa shape index (κ3) is 3.19. The predicted octanol–water partition coefficient (Wildman–Crippen LogP) is 5.34. The molecule has 4 saturated carbocycles. The van der Waals surface area contributed by atoms with Gasteiger partial charge in [0.25, 0.3) is 0 Å². The van der Waals surface area contributed by atoms with Crippen LogP contribution in [0.2, 0.25) is 0 Å². The largest absolute Gasteiger partial charge is 0.444 e. The first-order valence-electron chi connectivity index (χ1n) is 11.8. The van der Waals surface area contributed by atoms with E-state index in [1.807, 2.05) is 25.7 Å². The second kappa shape index (κ2) is 6.47. The van der Waals surface area contributed by atoms with Crippen LogP contribution in [0.4, 0.5) is 4.79 Å². The highest BCUT2D eigenvalue weighted by Gasteiger charge is 2.57. The van der Waals surface area contributed by atoms with Gasteiger partial charge in [0.2, 0.25) is 0 Å². The molecule has 4 heteroatoms. The molecule has 6 aliphatic rings. The van der Waals surface area contributed by atoms with Crippen LogP contribution in [0, 0.1) is 29.1 Å². The van der Waals surface area contributed by atoms with Gasteiger partial charge in [0.1, 0.15) is 11.4 Å². The van der Waals surface area contributed by atoms with Crippen molar-refractivity contribution in [2.75, 3.05) is 0 Å². The minimum Gasteiger partial charge on any atom is -0.444 e. The Labute approximate surface area is 169 Å². The molecule has 0 N–H and O–H groups in total. The Morgan fingerprint density at radius 1 is 0.857 bits per heavy atom. The summed E-state index contributed by atoms with van der Waals surface area (Å²) < 4.78 is 5.71. The second-order valence-electron chi connectivity index (χ2n) is 11.9. The van der Waals surface area contributed by atoms with Crippen LogP contribution in [0.5, 0.6) is 0 Å². The molecule has 2 unspecified atom stereocenters. The Hall–Kier alpha value is -1.06. The Morgan fingerprint density at radius 2 is 1.36 bits per heavy atom. The Bertz CT molecular complexity index is 614. The van der Waals surface area contributed by atoms with Gasteiger partial charge in [-0.15, -0.1) is 0 Å². The molecule has 0 radical (unpaired) electrons. The van der Waals surface area contributed by atoms with E-state index in [4.69, 9.17) is 4.74 Å². The molecule has 0 aromatic carbocycles. The summed E-state index contributed by atoms with van der Waals surface area (Å²) in [4.78, 5) is 28.7. The van der Waals surface area contributed by atoms with Gasteiger partial charge in [-0.25, -0.2) is 4.79 Å². The maximum atomic E-state index is 13.9. The van der Waals surface area contributed by atoms with E-state index >= 15 is 0 Å². The number of amides is 1. The summed E-state index contributed by atoms with van der Waals surface area (Å²) in [7, 11) is 0. The monoisotopic (exact) mass is 387 g/mol. The van der Waals surface area contributed by atoms with E-state index < -0.39 is 5.60 Å². The van der Waals surface area contributed by atoms with Gasteiger partial charge in [0.15, 0.2) is 0 Å². The van der Waals surface area contributed by atoms with Gasteiger partial charge in [-0.3, -0.25) is 4.79 Å². The van der Waals surface area contributed by atoms with Gasteiger partial charge in [0.05, 0.1) is 0 Å². The van der Waals surface area contributed by atoms with Crippen LogP contribution in [0.25, 0.3) is 0 Å². The maximum Gasteiger partial charge on any atom is 0.410 e. The zero-order valence-corrected chi connectivity index (χ0v) is 17.9. The van der Waals surface area contributed by atoms with E-state index in [1.54, 1.807) is 0 Å². The van der Waals surface area contributed by atoms with Gasteiger partial charge in [-0.2, -0.15) is 0 Å². The molecule has 1 amide bonds. The third-order valence-corrected chi connectivity index (χ3v) is 8.51. The lowest BCUT2D eigenvalue weighted by atomic mass is 9.47. The Kier molecular flexibility index (Phi) is 4.38.